The Bertz CT molecular complexity index is 589. The van der Waals surface area contributed by atoms with Crippen LogP contribution in [0.4, 0.5) is 8.78 Å². The number of ketones is 1. The predicted octanol–water partition coefficient (Wildman–Crippen LogP) is 3.86. The topological polar surface area (TPSA) is 17.1 Å². The molecule has 0 bridgehead atoms. The zero-order valence-corrected chi connectivity index (χ0v) is 9.44. The van der Waals surface area contributed by atoms with Gasteiger partial charge in [0.25, 0.3) is 0 Å². The minimum Gasteiger partial charge on any atom is -0.289 e. The van der Waals surface area contributed by atoms with E-state index in [9.17, 15) is 13.6 Å². The molecule has 2 aromatic carbocycles. The molecule has 1 nitrogen and oxygen atoms in total. The molecular formula is C15H10F2O. The molecule has 90 valence electrons. The quantitative estimate of drug-likeness (QED) is 0.592. The van der Waals surface area contributed by atoms with Crippen molar-refractivity contribution < 1.29 is 13.6 Å². The summed E-state index contributed by atoms with van der Waals surface area (Å²) in [6.45, 7) is 0. The van der Waals surface area contributed by atoms with Crippen LogP contribution in [0.3, 0.4) is 0 Å². The third kappa shape index (κ3) is 2.88. The molecular weight excluding hydrogens is 234 g/mol. The fourth-order valence-corrected chi connectivity index (χ4v) is 1.48. The molecule has 0 amide bonds. The van der Waals surface area contributed by atoms with Gasteiger partial charge < -0.3 is 0 Å². The first-order valence-corrected chi connectivity index (χ1v) is 5.39. The fraction of sp³-hybridized carbons (Fsp3) is 0. The molecule has 0 aliphatic carbocycles. The Balaban J connectivity index is 2.17. The number of allylic oxidation sites excluding steroid dienone is 1. The largest absolute Gasteiger partial charge is 0.289 e. The molecule has 0 aliphatic heterocycles. The van der Waals surface area contributed by atoms with Gasteiger partial charge in [-0.15, -0.1) is 0 Å². The highest BCUT2D eigenvalue weighted by Gasteiger charge is 2.06. The molecule has 2 rings (SSSR count). The van der Waals surface area contributed by atoms with E-state index in [1.807, 2.05) is 30.3 Å². The predicted molar refractivity (Wildman–Crippen MR) is 66.2 cm³/mol. The first kappa shape index (κ1) is 12.2. The fourth-order valence-electron chi connectivity index (χ4n) is 1.48. The average molecular weight is 244 g/mol. The summed E-state index contributed by atoms with van der Waals surface area (Å²) in [5.74, 6) is -2.34. The molecule has 0 heterocycles. The molecule has 2 aromatic rings. The molecule has 0 atom stereocenters. The Morgan fingerprint density at radius 1 is 0.944 bits per heavy atom. The minimum atomic E-state index is -1.02. The normalized spacial score (nSPS) is 10.8. The number of hydrogen-bond donors (Lipinski definition) is 0. The zero-order valence-electron chi connectivity index (χ0n) is 9.44. The number of hydrogen-bond acceptors (Lipinski definition) is 1. The van der Waals surface area contributed by atoms with Gasteiger partial charge >= 0.3 is 0 Å². The van der Waals surface area contributed by atoms with Gasteiger partial charge in [0.2, 0.25) is 0 Å². The molecule has 18 heavy (non-hydrogen) atoms. The van der Waals surface area contributed by atoms with Crippen LogP contribution in [0.15, 0.2) is 54.6 Å². The summed E-state index contributed by atoms with van der Waals surface area (Å²) in [5, 5.41) is 0. The number of halogens is 2. The third-order valence-corrected chi connectivity index (χ3v) is 2.43. The molecule has 0 spiro atoms. The van der Waals surface area contributed by atoms with E-state index >= 15 is 0 Å². The lowest BCUT2D eigenvalue weighted by Crippen LogP contribution is -1.96. The lowest BCUT2D eigenvalue weighted by Gasteiger charge is -1.97. The van der Waals surface area contributed by atoms with E-state index in [1.54, 1.807) is 6.08 Å². The number of carbonyl (C=O) groups excluding carboxylic acids is 1. The van der Waals surface area contributed by atoms with Crippen molar-refractivity contribution in [2.75, 3.05) is 0 Å². The van der Waals surface area contributed by atoms with E-state index < -0.39 is 11.6 Å². The Kier molecular flexibility index (Phi) is 3.63. The van der Waals surface area contributed by atoms with Crippen molar-refractivity contribution in [3.05, 3.63) is 77.4 Å². The summed E-state index contributed by atoms with van der Waals surface area (Å²) in [6, 6.07) is 12.4. The van der Waals surface area contributed by atoms with Crippen LogP contribution in [0.25, 0.3) is 6.08 Å². The first-order chi connectivity index (χ1) is 8.66. The van der Waals surface area contributed by atoms with Crippen LogP contribution < -0.4 is 0 Å². The summed E-state index contributed by atoms with van der Waals surface area (Å²) in [5.41, 5.74) is 0.995. The first-order valence-electron chi connectivity index (χ1n) is 5.39. The highest BCUT2D eigenvalue weighted by molar-refractivity contribution is 6.06. The zero-order chi connectivity index (χ0) is 13.0. The van der Waals surface area contributed by atoms with Gasteiger partial charge in [-0.25, -0.2) is 8.78 Å². The average Bonchev–Trinajstić information content (AvgIpc) is 2.40. The van der Waals surface area contributed by atoms with E-state index in [1.165, 1.54) is 12.1 Å². The minimum absolute atomic E-state index is 0.126. The molecule has 0 N–H and O–H groups in total. The van der Waals surface area contributed by atoms with E-state index in [-0.39, 0.29) is 11.3 Å². The van der Waals surface area contributed by atoms with E-state index in [4.69, 9.17) is 0 Å². The Labute approximate surface area is 103 Å². The molecule has 0 saturated carbocycles. The van der Waals surface area contributed by atoms with Crippen LogP contribution in [0.5, 0.6) is 0 Å². The van der Waals surface area contributed by atoms with Crippen LogP contribution in [0, 0.1) is 11.6 Å². The molecule has 3 heteroatoms. The van der Waals surface area contributed by atoms with Crippen molar-refractivity contribution in [3.63, 3.8) is 0 Å². The van der Waals surface area contributed by atoms with Crippen molar-refractivity contribution in [1.29, 1.82) is 0 Å². The second-order valence-electron chi connectivity index (χ2n) is 3.74. The van der Waals surface area contributed by atoms with Crippen molar-refractivity contribution in [2.45, 2.75) is 0 Å². The van der Waals surface area contributed by atoms with Crippen LogP contribution in [-0.4, -0.2) is 5.78 Å². The van der Waals surface area contributed by atoms with Crippen LogP contribution in [0.1, 0.15) is 15.9 Å². The molecule has 0 unspecified atom stereocenters. The summed E-state index contributed by atoms with van der Waals surface area (Å²) in [4.78, 5) is 11.7. The van der Waals surface area contributed by atoms with E-state index in [2.05, 4.69) is 0 Å². The second-order valence-corrected chi connectivity index (χ2v) is 3.74. The van der Waals surface area contributed by atoms with Crippen LogP contribution in [0.2, 0.25) is 0 Å². The maximum atomic E-state index is 13.0. The van der Waals surface area contributed by atoms with E-state index in [0.29, 0.717) is 0 Å². The van der Waals surface area contributed by atoms with Gasteiger partial charge in [0, 0.05) is 5.56 Å². The second kappa shape index (κ2) is 5.36. The third-order valence-electron chi connectivity index (χ3n) is 2.43. The maximum absolute atomic E-state index is 13.0. The molecule has 0 aromatic heterocycles. The van der Waals surface area contributed by atoms with E-state index in [0.717, 1.165) is 17.7 Å². The van der Waals surface area contributed by atoms with Gasteiger partial charge in [0.05, 0.1) is 0 Å². The van der Waals surface area contributed by atoms with Crippen LogP contribution in [-0.2, 0) is 0 Å². The lowest BCUT2D eigenvalue weighted by atomic mass is 10.1. The van der Waals surface area contributed by atoms with Crippen LogP contribution >= 0.6 is 0 Å². The van der Waals surface area contributed by atoms with Gasteiger partial charge in [-0.3, -0.25) is 4.79 Å². The monoisotopic (exact) mass is 244 g/mol. The highest BCUT2D eigenvalue weighted by Crippen LogP contribution is 2.10. The number of carbonyl (C=O) groups is 1. The van der Waals surface area contributed by atoms with Gasteiger partial charge in [-0.2, -0.15) is 0 Å². The van der Waals surface area contributed by atoms with Gasteiger partial charge in [-0.1, -0.05) is 36.4 Å². The molecule has 0 radical (unpaired) electrons. The molecule has 0 aliphatic rings. The maximum Gasteiger partial charge on any atom is 0.185 e. The standard InChI is InChI=1S/C15H10F2O/c16-13-8-7-12(10-14(13)17)15(18)9-6-11-4-2-1-3-5-11/h1-10H/b9-6+. The van der Waals surface area contributed by atoms with Gasteiger partial charge in [0.1, 0.15) is 0 Å². The summed E-state index contributed by atoms with van der Waals surface area (Å²) < 4.78 is 25.7. The van der Waals surface area contributed by atoms with Gasteiger partial charge in [-0.05, 0) is 29.8 Å². The Morgan fingerprint density at radius 3 is 2.33 bits per heavy atom. The molecule has 0 fully saturated rings. The highest BCUT2D eigenvalue weighted by atomic mass is 19.2. The van der Waals surface area contributed by atoms with Gasteiger partial charge in [0.15, 0.2) is 17.4 Å². The lowest BCUT2D eigenvalue weighted by molar-refractivity contribution is 0.104. The number of rotatable bonds is 3. The summed E-state index contributed by atoms with van der Waals surface area (Å²) in [6.07, 6.45) is 2.96. The van der Waals surface area contributed by atoms with Crippen molar-refractivity contribution in [3.8, 4) is 0 Å². The smallest absolute Gasteiger partial charge is 0.185 e. The van der Waals surface area contributed by atoms with Crippen molar-refractivity contribution in [2.24, 2.45) is 0 Å². The Hall–Kier alpha value is -2.29. The molecule has 0 saturated heterocycles. The number of benzene rings is 2. The SMILES string of the molecule is O=C(/C=C/c1ccccc1)c1ccc(F)c(F)c1. The Morgan fingerprint density at radius 2 is 1.67 bits per heavy atom. The van der Waals surface area contributed by atoms with Crippen molar-refractivity contribution >= 4 is 11.9 Å². The summed E-state index contributed by atoms with van der Waals surface area (Å²) >= 11 is 0. The van der Waals surface area contributed by atoms with Crippen molar-refractivity contribution in [1.82, 2.24) is 0 Å². The summed E-state index contributed by atoms with van der Waals surface area (Å²) in [7, 11) is 0.